The van der Waals surface area contributed by atoms with E-state index in [1.54, 1.807) is 0 Å². The summed E-state index contributed by atoms with van der Waals surface area (Å²) < 4.78 is 41.7. The lowest BCUT2D eigenvalue weighted by Crippen LogP contribution is -2.67. The molecule has 12 aliphatic heterocycles. The minimum atomic E-state index is -0.101. The van der Waals surface area contributed by atoms with Gasteiger partial charge in [-0.05, 0) is 275 Å². The lowest BCUT2D eigenvalue weighted by molar-refractivity contribution is 0.458. The molecular weight excluding hydrogens is 1820 g/mol. The average Bonchev–Trinajstić information content (AvgIpc) is 0.679. The van der Waals surface area contributed by atoms with Crippen LogP contribution in [0, 0.1) is 55.4 Å². The lowest BCUT2D eigenvalue weighted by Gasteiger charge is -2.47. The van der Waals surface area contributed by atoms with Crippen molar-refractivity contribution in [3.63, 3.8) is 0 Å². The number of benzene rings is 17. The summed E-state index contributed by atoms with van der Waals surface area (Å²) in [4.78, 5) is 36.2. The smallest absolute Gasteiger partial charge is 0.256 e. The molecule has 4 aromatic heterocycles. The Morgan fingerprint density at radius 2 is 0.477 bits per heavy atom. The number of aryl methyl sites for hydroxylation is 6. The summed E-state index contributed by atoms with van der Waals surface area (Å²) >= 11 is 0. The van der Waals surface area contributed by atoms with Crippen LogP contribution in [0.3, 0.4) is 0 Å². The third-order valence-corrected chi connectivity index (χ3v) is 32.4. The van der Waals surface area contributed by atoms with Gasteiger partial charge < -0.3 is 43.1 Å². The molecule has 149 heavy (non-hydrogen) atoms. The van der Waals surface area contributed by atoms with Crippen LogP contribution in [0.2, 0.25) is 0 Å². The van der Waals surface area contributed by atoms with E-state index in [-0.39, 0.29) is 40.3 Å². The molecule has 17 aromatic carbocycles. The van der Waals surface area contributed by atoms with Gasteiger partial charge in [0.25, 0.3) is 40.3 Å². The monoisotopic (exact) mass is 1910 g/mol. The molecule has 0 saturated carbocycles. The number of ether oxygens (including phenoxy) is 6. The number of anilines is 9. The Balaban J connectivity index is 0.000000103. The molecule has 0 aliphatic carbocycles. The zero-order chi connectivity index (χ0) is 98.9. The number of fused-ring (bicyclic) bond motifs is 30. The number of rotatable bonds is 6. The van der Waals surface area contributed by atoms with E-state index in [0.717, 1.165) is 209 Å². The lowest BCUT2D eigenvalue weighted by atomic mass is 9.29. The van der Waals surface area contributed by atoms with Crippen molar-refractivity contribution in [3.05, 3.63) is 415 Å². The second-order valence-electron chi connectivity index (χ2n) is 41.2. The van der Waals surface area contributed by atoms with Gasteiger partial charge in [0.05, 0.1) is 34.2 Å². The standard InChI is InChI=1S/C53H35B2N5O2.C40H23B2N3O2.C35H27B2NO2/c1-30-52-49-51-50-53(30)62-48-25-23-36(44-29-42(57-32(3)59-44)34-16-8-5-9-17-34)27-40(48)55(50)38-19-11-13-21-46(38)60(51)45-20-12-10-18-37(45)54(49)39-26-35(22-24-47(39)61-52)43-28-41(56-31(2)58-43)33-14-6-4-7-15-33;1-3-13-32-26(9-1)41-28-17-15-24(30-11-5-7-19-43-30)21-34(28)46-36-23-37-39-40(38(36)41)45(32)33-14-4-2-10-27(33)42(39)29-18-16-25(22-35(29)47-37)31-12-6-8-20-44-31;1-18-6-10-27-23(14-18)36-25-16-20(3)8-12-29(25)39-34-22(5)35-32-33(31(34)36)38(27)28-11-7-19(2)15-24(28)37(32)26-17-21(4)9-13-30(26)40-35/h4-29H,1-3H3;1-23H;6-17H,1-5H3. The molecule has 0 N–H and O–H groups in total. The number of aromatic nitrogens is 6. The predicted octanol–water partition coefficient (Wildman–Crippen LogP) is 17.9. The second kappa shape index (κ2) is 32.1. The Morgan fingerprint density at radius 3 is 0.846 bits per heavy atom. The first-order valence-corrected chi connectivity index (χ1v) is 51.3. The Labute approximate surface area is 864 Å². The van der Waals surface area contributed by atoms with Gasteiger partial charge in [-0.2, -0.15) is 0 Å². The molecule has 0 bridgehead atoms. The number of hydrogen-bond acceptors (Lipinski definition) is 15. The molecule has 0 atom stereocenters. The van der Waals surface area contributed by atoms with Crippen molar-refractivity contribution in [2.75, 3.05) is 14.7 Å². The molecule has 0 fully saturated rings. The van der Waals surface area contributed by atoms with Crippen LogP contribution in [0.15, 0.2) is 370 Å². The Morgan fingerprint density at radius 1 is 0.188 bits per heavy atom. The molecule has 0 spiro atoms. The molecule has 0 unspecified atom stereocenters. The molecule has 21 aromatic rings. The summed E-state index contributed by atoms with van der Waals surface area (Å²) in [6, 6.07) is 127. The fourth-order valence-corrected chi connectivity index (χ4v) is 26.1. The van der Waals surface area contributed by atoms with Crippen molar-refractivity contribution in [3.8, 4) is 137 Å². The number of para-hydroxylation sites is 4. The highest BCUT2D eigenvalue weighted by Crippen LogP contribution is 2.54. The molecule has 33 rings (SSSR count). The molecular formula is C128H85B6N9O6. The highest BCUT2D eigenvalue weighted by molar-refractivity contribution is 7.06. The third-order valence-electron chi connectivity index (χ3n) is 32.4. The molecule has 696 valence electrons. The summed E-state index contributed by atoms with van der Waals surface area (Å²) in [7, 11) is 0. The van der Waals surface area contributed by atoms with E-state index in [1.807, 2.05) is 99.0 Å². The summed E-state index contributed by atoms with van der Waals surface area (Å²) in [5, 5.41) is 0. The minimum absolute atomic E-state index is 0.0122. The predicted molar refractivity (Wildman–Crippen MR) is 608 cm³/mol. The summed E-state index contributed by atoms with van der Waals surface area (Å²) in [6.45, 7) is 17.0. The molecule has 12 aliphatic rings. The van der Waals surface area contributed by atoms with Crippen LogP contribution in [0.4, 0.5) is 51.2 Å². The maximum atomic E-state index is 7.11. The van der Waals surface area contributed by atoms with Gasteiger partial charge in [-0.1, -0.05) is 253 Å². The molecule has 0 amide bonds. The molecule has 0 saturated heterocycles. The van der Waals surface area contributed by atoms with E-state index in [9.17, 15) is 0 Å². The first-order valence-electron chi connectivity index (χ1n) is 51.3. The van der Waals surface area contributed by atoms with E-state index in [4.69, 9.17) is 48.4 Å². The first kappa shape index (κ1) is 85.2. The Kier molecular flexibility index (Phi) is 18.4. The van der Waals surface area contributed by atoms with Crippen molar-refractivity contribution >= 4 is 190 Å². The zero-order valence-corrected chi connectivity index (χ0v) is 82.7. The van der Waals surface area contributed by atoms with Gasteiger partial charge in [0, 0.05) is 114 Å². The Hall–Kier alpha value is -18.2. The van der Waals surface area contributed by atoms with Crippen LogP contribution in [0.25, 0.3) is 67.5 Å². The maximum absolute atomic E-state index is 7.11. The van der Waals surface area contributed by atoms with Crippen LogP contribution in [-0.2, 0) is 0 Å². The van der Waals surface area contributed by atoms with Gasteiger partial charge in [-0.25, -0.2) is 19.9 Å². The van der Waals surface area contributed by atoms with Crippen LogP contribution in [0.5, 0.6) is 69.0 Å². The number of pyridine rings is 2. The van der Waals surface area contributed by atoms with Crippen LogP contribution in [0.1, 0.15) is 45.0 Å². The normalized spacial score (nSPS) is 13.7. The average molecular weight is 1910 g/mol. The van der Waals surface area contributed by atoms with Gasteiger partial charge in [0.1, 0.15) is 80.6 Å². The fourth-order valence-electron chi connectivity index (χ4n) is 26.1. The zero-order valence-electron chi connectivity index (χ0n) is 82.7. The van der Waals surface area contributed by atoms with E-state index < -0.39 is 0 Å². The molecule has 0 radical (unpaired) electrons. The third kappa shape index (κ3) is 12.6. The molecule has 15 nitrogen and oxygen atoms in total. The highest BCUT2D eigenvalue weighted by Gasteiger charge is 2.56. The molecule has 21 heteroatoms. The quantitative estimate of drug-likeness (QED) is 0.146. The Bertz CT molecular complexity index is 8990. The van der Waals surface area contributed by atoms with E-state index in [0.29, 0.717) is 0 Å². The van der Waals surface area contributed by atoms with Gasteiger partial charge in [-0.15, -0.1) is 0 Å². The van der Waals surface area contributed by atoms with E-state index >= 15 is 0 Å². The van der Waals surface area contributed by atoms with Crippen molar-refractivity contribution in [1.29, 1.82) is 0 Å². The van der Waals surface area contributed by atoms with Crippen molar-refractivity contribution in [1.82, 2.24) is 29.9 Å². The number of hydrogen-bond donors (Lipinski definition) is 0. The summed E-state index contributed by atoms with van der Waals surface area (Å²) in [6.07, 6.45) is 3.66. The minimum Gasteiger partial charge on any atom is -0.458 e. The van der Waals surface area contributed by atoms with E-state index in [2.05, 4.69) is 351 Å². The SMILES string of the molecule is Cc1ccc2c(c1)B1c3cc(C)ccc3N3c4ccc(C)cc4B4c5cc(C)ccc5Oc5c(C)c(c1c3c54)O2.Cc1nc(-c2ccccc2)cc(-c2ccc3c(c2)B2c4ccccc4N4c5ccccc5B5c6cc(-c7cc(-c8ccccc8)nc(C)n7)ccc6Oc6c(C)c(c2c4c65)O3)n1.c1ccc(-c2ccc3c(c2)Oc2cc4c5c6c2B3c2ccccc2N6c2ccccc2B5c2ccc(-c3ccccn3)cc2O4)nc1. The van der Waals surface area contributed by atoms with Gasteiger partial charge in [0.2, 0.25) is 0 Å². The highest BCUT2D eigenvalue weighted by atomic mass is 16.5. The summed E-state index contributed by atoms with van der Waals surface area (Å²) in [5.41, 5.74) is 51.3. The van der Waals surface area contributed by atoms with Crippen molar-refractivity contribution in [2.45, 2.75) is 55.4 Å². The van der Waals surface area contributed by atoms with Crippen LogP contribution >= 0.6 is 0 Å². The maximum Gasteiger partial charge on any atom is 0.256 e. The largest absolute Gasteiger partial charge is 0.458 e. The fraction of sp³-hybridized carbons (Fsp3) is 0.0625. The van der Waals surface area contributed by atoms with Crippen molar-refractivity contribution in [2.24, 2.45) is 0 Å². The van der Waals surface area contributed by atoms with Gasteiger partial charge in [0.15, 0.2) is 0 Å². The van der Waals surface area contributed by atoms with Crippen LogP contribution in [-0.4, -0.2) is 70.2 Å². The van der Waals surface area contributed by atoms with Crippen molar-refractivity contribution < 1.29 is 28.4 Å². The van der Waals surface area contributed by atoms with Crippen LogP contribution < -0.4 is 141 Å². The topological polar surface area (TPSA) is 142 Å². The summed E-state index contributed by atoms with van der Waals surface area (Å²) in [5.74, 6) is 12.0. The second-order valence-corrected chi connectivity index (χ2v) is 41.2. The number of nitrogens with zero attached hydrogens (tertiary/aromatic N) is 9. The first-order chi connectivity index (χ1) is 73.2. The van der Waals surface area contributed by atoms with Gasteiger partial charge in [-0.3, -0.25) is 9.97 Å². The molecule has 16 heterocycles. The van der Waals surface area contributed by atoms with Gasteiger partial charge >= 0.3 is 0 Å². The van der Waals surface area contributed by atoms with E-state index in [1.165, 1.54) is 122 Å².